The van der Waals surface area contributed by atoms with Crippen LogP contribution in [0.15, 0.2) is 0 Å². The minimum atomic E-state index is -0.857. The summed E-state index contributed by atoms with van der Waals surface area (Å²) in [5.41, 5.74) is 0. The van der Waals surface area contributed by atoms with Crippen LogP contribution in [0.3, 0.4) is 0 Å². The lowest BCUT2D eigenvalue weighted by Gasteiger charge is -2.16. The third-order valence-electron chi connectivity index (χ3n) is 2.95. The molecule has 0 aromatic carbocycles. The zero-order valence-electron chi connectivity index (χ0n) is 10.7. The molecule has 0 spiro atoms. The molecule has 0 radical (unpaired) electrons. The average Bonchev–Trinajstić information content (AvgIpc) is 2.77. The Labute approximate surface area is 106 Å². The lowest BCUT2D eigenvalue weighted by atomic mass is 10.3. The summed E-state index contributed by atoms with van der Waals surface area (Å²) in [6.45, 7) is 1.33. The Kier molecular flexibility index (Phi) is 5.87. The largest absolute Gasteiger partial charge is 0.481 e. The van der Waals surface area contributed by atoms with Gasteiger partial charge in [0.25, 0.3) is 0 Å². The number of methoxy groups -OCH3 is 2. The van der Waals surface area contributed by atoms with Gasteiger partial charge in [0.1, 0.15) is 12.2 Å². The van der Waals surface area contributed by atoms with Crippen LogP contribution in [-0.2, 0) is 14.3 Å². The van der Waals surface area contributed by atoms with Crippen LogP contribution in [0, 0.1) is 0 Å². The van der Waals surface area contributed by atoms with E-state index >= 15 is 0 Å². The number of amides is 2. The number of likely N-dealkylation sites (tertiary alicyclic amines) is 1. The van der Waals surface area contributed by atoms with Crippen LogP contribution in [0.2, 0.25) is 0 Å². The highest BCUT2D eigenvalue weighted by Crippen LogP contribution is 2.15. The molecule has 2 atom stereocenters. The highest BCUT2D eigenvalue weighted by atomic mass is 16.5. The number of carbonyl (C=O) groups excluding carboxylic acids is 1. The lowest BCUT2D eigenvalue weighted by Crippen LogP contribution is -2.39. The van der Waals surface area contributed by atoms with Crippen molar-refractivity contribution in [2.24, 2.45) is 0 Å². The van der Waals surface area contributed by atoms with E-state index < -0.39 is 5.97 Å². The molecule has 1 fully saturated rings. The van der Waals surface area contributed by atoms with Crippen LogP contribution in [0.5, 0.6) is 0 Å². The summed E-state index contributed by atoms with van der Waals surface area (Å²) < 4.78 is 10.5. The van der Waals surface area contributed by atoms with Gasteiger partial charge >= 0.3 is 12.0 Å². The van der Waals surface area contributed by atoms with E-state index in [1.165, 1.54) is 0 Å². The van der Waals surface area contributed by atoms with Crippen molar-refractivity contribution in [1.82, 2.24) is 10.2 Å². The van der Waals surface area contributed by atoms with E-state index in [1.807, 2.05) is 0 Å². The zero-order valence-corrected chi connectivity index (χ0v) is 10.7. The van der Waals surface area contributed by atoms with Gasteiger partial charge in [0, 0.05) is 27.2 Å². The predicted molar refractivity (Wildman–Crippen MR) is 63.4 cm³/mol. The smallest absolute Gasteiger partial charge is 0.317 e. The molecule has 2 N–H and O–H groups in total. The fraction of sp³-hybridized carbons (Fsp3) is 0.818. The molecule has 1 aliphatic rings. The molecule has 7 heteroatoms. The summed E-state index contributed by atoms with van der Waals surface area (Å²) in [6, 6.07) is -0.206. The summed E-state index contributed by atoms with van der Waals surface area (Å²) in [5, 5.41) is 11.1. The molecular formula is C11H20N2O5. The summed E-state index contributed by atoms with van der Waals surface area (Å²) in [5.74, 6) is -0.857. The van der Waals surface area contributed by atoms with Crippen LogP contribution in [0.25, 0.3) is 0 Å². The van der Waals surface area contributed by atoms with Gasteiger partial charge in [-0.05, 0) is 6.42 Å². The summed E-state index contributed by atoms with van der Waals surface area (Å²) in [6.07, 6.45) is 0.261. The van der Waals surface area contributed by atoms with Crippen molar-refractivity contribution in [1.29, 1.82) is 0 Å². The first-order valence-corrected chi connectivity index (χ1v) is 5.88. The number of carboxylic acids is 1. The Balaban J connectivity index is 2.28. The molecule has 1 heterocycles. The number of rotatable bonds is 6. The third kappa shape index (κ3) is 4.15. The number of urea groups is 1. The maximum Gasteiger partial charge on any atom is 0.317 e. The quantitative estimate of drug-likeness (QED) is 0.651. The SMILES string of the molecule is COC1CN(C(=O)NCCCC(=O)O)CC1OC. The molecule has 0 aromatic rings. The van der Waals surface area contributed by atoms with E-state index in [0.717, 1.165) is 0 Å². The first kappa shape index (κ1) is 14.7. The fourth-order valence-corrected chi connectivity index (χ4v) is 1.91. The highest BCUT2D eigenvalue weighted by Gasteiger charge is 2.35. The second kappa shape index (κ2) is 7.17. The number of ether oxygens (including phenoxy) is 2. The minimum absolute atomic E-state index is 0.0572. The Hall–Kier alpha value is -1.34. The van der Waals surface area contributed by atoms with E-state index in [1.54, 1.807) is 19.1 Å². The van der Waals surface area contributed by atoms with Crippen LogP contribution in [-0.4, -0.2) is 68.1 Å². The first-order chi connectivity index (χ1) is 8.58. The number of carbonyl (C=O) groups is 2. The number of hydrogen-bond donors (Lipinski definition) is 2. The molecule has 2 unspecified atom stereocenters. The van der Waals surface area contributed by atoms with Gasteiger partial charge in [-0.2, -0.15) is 0 Å². The van der Waals surface area contributed by atoms with Gasteiger partial charge in [-0.25, -0.2) is 4.79 Å². The van der Waals surface area contributed by atoms with Crippen LogP contribution < -0.4 is 5.32 Å². The maximum atomic E-state index is 11.8. The standard InChI is InChI=1S/C11H20N2O5/c1-17-8-6-13(7-9(8)18-2)11(16)12-5-3-4-10(14)15/h8-9H,3-7H2,1-2H3,(H,12,16)(H,14,15). The average molecular weight is 260 g/mol. The van der Waals surface area contributed by atoms with Gasteiger partial charge in [-0.3, -0.25) is 4.79 Å². The summed E-state index contributed by atoms with van der Waals surface area (Å²) >= 11 is 0. The number of aliphatic carboxylic acids is 1. The van der Waals surface area contributed by atoms with Gasteiger partial charge in [-0.15, -0.1) is 0 Å². The molecule has 1 rings (SSSR count). The molecule has 7 nitrogen and oxygen atoms in total. The fourth-order valence-electron chi connectivity index (χ4n) is 1.91. The molecule has 0 bridgehead atoms. The maximum absolute atomic E-state index is 11.8. The van der Waals surface area contributed by atoms with Gasteiger partial charge in [-0.1, -0.05) is 0 Å². The molecule has 0 aliphatic carbocycles. The summed E-state index contributed by atoms with van der Waals surface area (Å²) in [7, 11) is 3.18. The van der Waals surface area contributed by atoms with Crippen molar-refractivity contribution >= 4 is 12.0 Å². The molecule has 104 valence electrons. The molecule has 1 saturated heterocycles. The molecule has 0 saturated carbocycles. The Morgan fingerprint density at radius 1 is 1.28 bits per heavy atom. The van der Waals surface area contributed by atoms with E-state index in [4.69, 9.17) is 14.6 Å². The Morgan fingerprint density at radius 3 is 2.28 bits per heavy atom. The van der Waals surface area contributed by atoms with Crippen molar-refractivity contribution < 1.29 is 24.2 Å². The summed E-state index contributed by atoms with van der Waals surface area (Å²) in [4.78, 5) is 23.7. The number of nitrogens with zero attached hydrogens (tertiary/aromatic N) is 1. The predicted octanol–water partition coefficient (Wildman–Crippen LogP) is -0.0936. The second-order valence-corrected chi connectivity index (χ2v) is 4.18. The number of nitrogens with one attached hydrogen (secondary N) is 1. The van der Waals surface area contributed by atoms with Crippen LogP contribution >= 0.6 is 0 Å². The monoisotopic (exact) mass is 260 g/mol. The van der Waals surface area contributed by atoms with E-state index in [2.05, 4.69) is 5.32 Å². The molecule has 1 aliphatic heterocycles. The molecule has 0 aromatic heterocycles. The van der Waals surface area contributed by atoms with Gasteiger partial charge in [0.2, 0.25) is 0 Å². The first-order valence-electron chi connectivity index (χ1n) is 5.88. The second-order valence-electron chi connectivity index (χ2n) is 4.18. The number of hydrogen-bond acceptors (Lipinski definition) is 4. The zero-order chi connectivity index (χ0) is 13.5. The number of carboxylic acid groups (broad SMARTS) is 1. The lowest BCUT2D eigenvalue weighted by molar-refractivity contribution is -0.137. The molecular weight excluding hydrogens is 240 g/mol. The highest BCUT2D eigenvalue weighted by molar-refractivity contribution is 5.74. The molecule has 2 amide bonds. The van der Waals surface area contributed by atoms with Crippen LogP contribution in [0.4, 0.5) is 4.79 Å². The van der Waals surface area contributed by atoms with Gasteiger partial charge < -0.3 is 24.8 Å². The third-order valence-corrected chi connectivity index (χ3v) is 2.95. The van der Waals surface area contributed by atoms with E-state index in [-0.39, 0.29) is 24.7 Å². The Morgan fingerprint density at radius 2 is 1.83 bits per heavy atom. The van der Waals surface area contributed by atoms with Crippen molar-refractivity contribution in [3.8, 4) is 0 Å². The van der Waals surface area contributed by atoms with Crippen molar-refractivity contribution in [3.05, 3.63) is 0 Å². The van der Waals surface area contributed by atoms with Gasteiger partial charge in [0.15, 0.2) is 0 Å². The van der Waals surface area contributed by atoms with Crippen molar-refractivity contribution in [2.45, 2.75) is 25.0 Å². The minimum Gasteiger partial charge on any atom is -0.481 e. The van der Waals surface area contributed by atoms with E-state index in [9.17, 15) is 9.59 Å². The topological polar surface area (TPSA) is 88.1 Å². The van der Waals surface area contributed by atoms with Crippen LogP contribution in [0.1, 0.15) is 12.8 Å². The Bertz CT molecular complexity index is 285. The van der Waals surface area contributed by atoms with Crippen molar-refractivity contribution in [3.63, 3.8) is 0 Å². The van der Waals surface area contributed by atoms with Gasteiger partial charge in [0.05, 0.1) is 13.1 Å². The van der Waals surface area contributed by atoms with Crippen molar-refractivity contribution in [2.75, 3.05) is 33.9 Å². The molecule has 18 heavy (non-hydrogen) atoms. The van der Waals surface area contributed by atoms with E-state index in [0.29, 0.717) is 26.1 Å². The normalized spacial score (nSPS) is 23.1.